The molecule has 48 heavy (non-hydrogen) atoms. The number of esters is 2. The van der Waals surface area contributed by atoms with Gasteiger partial charge in [-0.05, 0) is 53.6 Å². The van der Waals surface area contributed by atoms with Gasteiger partial charge < -0.3 is 20.5 Å². The van der Waals surface area contributed by atoms with E-state index in [1.807, 2.05) is 103 Å². The summed E-state index contributed by atoms with van der Waals surface area (Å²) in [4.78, 5) is 58.1. The molecule has 4 aromatic carbocycles. The lowest BCUT2D eigenvalue weighted by molar-refractivity contribution is -0.193. The number of hydrogen-bond donors (Lipinski definition) is 2. The van der Waals surface area contributed by atoms with Crippen molar-refractivity contribution < 1.29 is 33.5 Å². The summed E-state index contributed by atoms with van der Waals surface area (Å²) in [6.07, 6.45) is 1.09. The Morgan fingerprint density at radius 2 is 1.19 bits per heavy atom. The van der Waals surface area contributed by atoms with E-state index in [9.17, 15) is 19.2 Å². The van der Waals surface area contributed by atoms with Crippen molar-refractivity contribution >= 4 is 29.4 Å². The number of rotatable bonds is 18. The topological polar surface area (TPSA) is 137 Å². The van der Waals surface area contributed by atoms with E-state index in [-0.39, 0.29) is 45.0 Å². The zero-order valence-corrected chi connectivity index (χ0v) is 26.8. The highest BCUT2D eigenvalue weighted by Gasteiger charge is 2.26. The van der Waals surface area contributed by atoms with Crippen LogP contribution in [0.1, 0.15) is 47.9 Å². The van der Waals surface area contributed by atoms with Crippen molar-refractivity contribution in [3.8, 4) is 0 Å². The fourth-order valence-electron chi connectivity index (χ4n) is 4.71. The van der Waals surface area contributed by atoms with Gasteiger partial charge in [-0.25, -0.2) is 9.86 Å². The Labute approximate surface area is 280 Å². The third-order valence-electron chi connectivity index (χ3n) is 7.35. The lowest BCUT2D eigenvalue weighted by Gasteiger charge is -2.23. The first-order chi connectivity index (χ1) is 23.4. The van der Waals surface area contributed by atoms with Gasteiger partial charge in [0.15, 0.2) is 0 Å². The van der Waals surface area contributed by atoms with E-state index >= 15 is 0 Å². The van der Waals surface area contributed by atoms with Crippen LogP contribution in [-0.2, 0) is 59.7 Å². The van der Waals surface area contributed by atoms with Crippen LogP contribution in [0.5, 0.6) is 0 Å². The Kier molecular flexibility index (Phi) is 14.2. The Morgan fingerprint density at radius 1 is 0.646 bits per heavy atom. The van der Waals surface area contributed by atoms with Crippen molar-refractivity contribution in [2.75, 3.05) is 12.3 Å². The second-order valence-corrected chi connectivity index (χ2v) is 11.2. The van der Waals surface area contributed by atoms with Crippen LogP contribution in [-0.4, -0.2) is 41.4 Å². The van der Waals surface area contributed by atoms with Crippen molar-refractivity contribution in [3.63, 3.8) is 0 Å². The number of anilines is 1. The van der Waals surface area contributed by atoms with Crippen molar-refractivity contribution in [2.24, 2.45) is 0 Å². The third kappa shape index (κ3) is 12.7. The smallest absolute Gasteiger partial charge is 0.328 e. The Balaban J connectivity index is 1.38. The second-order valence-electron chi connectivity index (χ2n) is 11.2. The number of nitrogens with one attached hydrogen (secondary N) is 1. The molecule has 4 rings (SSSR count). The summed E-state index contributed by atoms with van der Waals surface area (Å²) >= 11 is 0. The molecule has 0 fully saturated rings. The minimum atomic E-state index is -1.16. The first kappa shape index (κ1) is 35.4. The van der Waals surface area contributed by atoms with Gasteiger partial charge in [-0.1, -0.05) is 103 Å². The maximum atomic E-state index is 13.3. The minimum absolute atomic E-state index is 0.0106. The van der Waals surface area contributed by atoms with Crippen LogP contribution in [0.25, 0.3) is 0 Å². The summed E-state index contributed by atoms with van der Waals surface area (Å²) in [5.74, 6) is -2.27. The van der Waals surface area contributed by atoms with E-state index in [2.05, 4.69) is 5.32 Å². The molecule has 4 aromatic rings. The van der Waals surface area contributed by atoms with Gasteiger partial charge in [-0.3, -0.25) is 19.2 Å². The fourth-order valence-corrected chi connectivity index (χ4v) is 4.71. The monoisotopic (exact) mass is 651 g/mol. The zero-order chi connectivity index (χ0) is 34.0. The van der Waals surface area contributed by atoms with Crippen LogP contribution < -0.4 is 11.1 Å². The van der Waals surface area contributed by atoms with Crippen LogP contribution in [0.2, 0.25) is 0 Å². The highest BCUT2D eigenvalue weighted by Crippen LogP contribution is 2.12. The standard InChI is InChI=1S/C38H41N3O7/c39-33-21-19-29(20-22-33)17-10-18-36(43)41(48-28-32-15-8-3-9-16-32)25-35(42)40-34(38(45)47-27-31-13-6-2-7-14-31)23-24-37(44)46-26-30-11-4-1-5-12-30/h1-9,11-16,19-22,34H,10,17-18,23-28,39H2,(H,40,42)/t34-/m0/s1. The van der Waals surface area contributed by atoms with E-state index in [1.54, 1.807) is 12.1 Å². The van der Waals surface area contributed by atoms with Crippen molar-refractivity contribution in [1.82, 2.24) is 10.4 Å². The Hall–Kier alpha value is -5.48. The molecule has 0 unspecified atom stereocenters. The molecule has 0 radical (unpaired) electrons. The van der Waals surface area contributed by atoms with Crippen LogP contribution in [0.3, 0.4) is 0 Å². The molecule has 0 aliphatic carbocycles. The predicted molar refractivity (Wildman–Crippen MR) is 180 cm³/mol. The van der Waals surface area contributed by atoms with Gasteiger partial charge in [0, 0.05) is 18.5 Å². The number of nitrogens with two attached hydrogens (primary N) is 1. The summed E-state index contributed by atoms with van der Waals surface area (Å²) in [6, 6.07) is 33.8. The first-order valence-electron chi connectivity index (χ1n) is 15.9. The quantitative estimate of drug-likeness (QED) is 0.0840. The number of benzene rings is 4. The van der Waals surface area contributed by atoms with Gasteiger partial charge in [0.25, 0.3) is 0 Å². The molecule has 10 nitrogen and oxygen atoms in total. The van der Waals surface area contributed by atoms with Gasteiger partial charge in [0.1, 0.15) is 32.4 Å². The number of nitrogen functional groups attached to an aromatic ring is 1. The number of nitrogens with zero attached hydrogens (tertiary/aromatic N) is 1. The van der Waals surface area contributed by atoms with Gasteiger partial charge in [0.05, 0.1) is 0 Å². The van der Waals surface area contributed by atoms with E-state index in [0.29, 0.717) is 18.5 Å². The van der Waals surface area contributed by atoms with Crippen molar-refractivity contribution in [2.45, 2.75) is 58.0 Å². The van der Waals surface area contributed by atoms with Crippen LogP contribution >= 0.6 is 0 Å². The van der Waals surface area contributed by atoms with E-state index < -0.39 is 30.4 Å². The zero-order valence-electron chi connectivity index (χ0n) is 26.8. The fraction of sp³-hybridized carbons (Fsp3) is 0.263. The Bertz CT molecular complexity index is 1580. The molecule has 0 aromatic heterocycles. The predicted octanol–water partition coefficient (Wildman–Crippen LogP) is 5.30. The lowest BCUT2D eigenvalue weighted by Crippen LogP contribution is -2.47. The molecular formula is C38H41N3O7. The largest absolute Gasteiger partial charge is 0.461 e. The molecule has 250 valence electrons. The molecule has 2 amide bonds. The highest BCUT2D eigenvalue weighted by atomic mass is 16.7. The summed E-state index contributed by atoms with van der Waals surface area (Å²) in [6.45, 7) is -0.325. The summed E-state index contributed by atoms with van der Waals surface area (Å²) in [5, 5.41) is 3.67. The lowest BCUT2D eigenvalue weighted by atomic mass is 10.1. The van der Waals surface area contributed by atoms with Crippen LogP contribution in [0.15, 0.2) is 115 Å². The number of hydrogen-bond acceptors (Lipinski definition) is 8. The molecule has 0 bridgehead atoms. The minimum Gasteiger partial charge on any atom is -0.461 e. The summed E-state index contributed by atoms with van der Waals surface area (Å²) < 4.78 is 10.8. The first-order valence-corrected chi connectivity index (χ1v) is 15.9. The summed E-state index contributed by atoms with van der Waals surface area (Å²) in [5.41, 5.74) is 9.87. The van der Waals surface area contributed by atoms with Crippen molar-refractivity contribution in [1.29, 1.82) is 0 Å². The average Bonchev–Trinajstić information content (AvgIpc) is 3.12. The molecule has 0 heterocycles. The summed E-state index contributed by atoms with van der Waals surface area (Å²) in [7, 11) is 0. The molecular weight excluding hydrogens is 610 g/mol. The van der Waals surface area contributed by atoms with E-state index in [1.165, 1.54) is 0 Å². The molecule has 10 heteroatoms. The number of aryl methyl sites for hydroxylation is 1. The molecule has 0 saturated carbocycles. The van der Waals surface area contributed by atoms with Gasteiger partial charge in [-0.2, -0.15) is 0 Å². The van der Waals surface area contributed by atoms with E-state index in [0.717, 1.165) is 27.3 Å². The third-order valence-corrected chi connectivity index (χ3v) is 7.35. The van der Waals surface area contributed by atoms with Gasteiger partial charge in [-0.15, -0.1) is 0 Å². The van der Waals surface area contributed by atoms with Gasteiger partial charge >= 0.3 is 11.9 Å². The number of carbonyl (C=O) groups is 4. The molecule has 3 N–H and O–H groups in total. The number of carbonyl (C=O) groups excluding carboxylic acids is 4. The maximum absolute atomic E-state index is 13.3. The number of amides is 2. The van der Waals surface area contributed by atoms with Crippen LogP contribution in [0, 0.1) is 0 Å². The van der Waals surface area contributed by atoms with Crippen LogP contribution in [0.4, 0.5) is 5.69 Å². The molecule has 0 aliphatic heterocycles. The maximum Gasteiger partial charge on any atom is 0.328 e. The average molecular weight is 652 g/mol. The highest BCUT2D eigenvalue weighted by molar-refractivity contribution is 5.88. The number of ether oxygens (including phenoxy) is 2. The molecule has 0 spiro atoms. The second kappa shape index (κ2) is 19.2. The van der Waals surface area contributed by atoms with Gasteiger partial charge in [0.2, 0.25) is 11.8 Å². The van der Waals surface area contributed by atoms with Crippen molar-refractivity contribution in [3.05, 3.63) is 138 Å². The number of hydroxylamine groups is 2. The molecule has 0 aliphatic rings. The van der Waals surface area contributed by atoms with E-state index in [4.69, 9.17) is 20.0 Å². The molecule has 1 atom stereocenters. The Morgan fingerprint density at radius 3 is 1.77 bits per heavy atom. The normalized spacial score (nSPS) is 11.2. The molecule has 0 saturated heterocycles. The SMILES string of the molecule is Nc1ccc(CCCC(=O)N(CC(=O)N[C@@H](CCC(=O)OCc2ccccc2)C(=O)OCc2ccccc2)OCc2ccccc2)cc1.